The third kappa shape index (κ3) is 5.28. The molecule has 0 radical (unpaired) electrons. The van der Waals surface area contributed by atoms with E-state index in [1.54, 1.807) is 36.4 Å². The lowest BCUT2D eigenvalue weighted by Gasteiger charge is -2.13. The summed E-state index contributed by atoms with van der Waals surface area (Å²) in [7, 11) is 1.50. The van der Waals surface area contributed by atoms with Crippen molar-refractivity contribution < 1.29 is 23.5 Å². The fourth-order valence-corrected chi connectivity index (χ4v) is 3.22. The maximum absolute atomic E-state index is 13.8. The van der Waals surface area contributed by atoms with Crippen molar-refractivity contribution >= 4 is 11.8 Å². The quantitative estimate of drug-likeness (QED) is 0.644. The molecule has 0 aliphatic heterocycles. The lowest BCUT2D eigenvalue weighted by atomic mass is 10.1. The minimum Gasteiger partial charge on any atom is -0.493 e. The molecule has 2 N–H and O–H groups in total. The molecule has 2 aromatic rings. The molecule has 6 nitrogen and oxygen atoms in total. The van der Waals surface area contributed by atoms with Crippen LogP contribution in [0.3, 0.4) is 0 Å². The number of amides is 2. The number of halogens is 1. The molecule has 7 heteroatoms. The molecule has 30 heavy (non-hydrogen) atoms. The van der Waals surface area contributed by atoms with Crippen LogP contribution in [0, 0.1) is 17.7 Å². The second-order valence-corrected chi connectivity index (χ2v) is 7.81. The molecule has 0 spiro atoms. The molecule has 2 amide bonds. The van der Waals surface area contributed by atoms with Crippen LogP contribution < -0.4 is 20.3 Å². The Morgan fingerprint density at radius 1 is 1.13 bits per heavy atom. The highest BCUT2D eigenvalue weighted by Gasteiger charge is 2.45. The smallest absolute Gasteiger partial charge is 0.269 e. The summed E-state index contributed by atoms with van der Waals surface area (Å²) in [6.45, 7) is 4.78. The summed E-state index contributed by atoms with van der Waals surface area (Å²) in [5, 5.41) is 0. The zero-order valence-electron chi connectivity index (χ0n) is 17.4. The normalized spacial score (nSPS) is 17.4. The summed E-state index contributed by atoms with van der Waals surface area (Å²) < 4.78 is 24.9. The predicted octanol–water partition coefficient (Wildman–Crippen LogP) is 3.82. The number of rotatable bonds is 8. The number of carbonyl (C=O) groups excluding carboxylic acids is 2. The van der Waals surface area contributed by atoms with Gasteiger partial charge in [-0.25, -0.2) is 4.39 Å². The molecule has 0 aromatic heterocycles. The van der Waals surface area contributed by atoms with Gasteiger partial charge in [-0.2, -0.15) is 0 Å². The highest BCUT2D eigenvalue weighted by atomic mass is 19.1. The van der Waals surface area contributed by atoms with Gasteiger partial charge in [-0.05, 0) is 54.5 Å². The van der Waals surface area contributed by atoms with Crippen LogP contribution >= 0.6 is 0 Å². The molecule has 3 rings (SSSR count). The first-order valence-corrected chi connectivity index (χ1v) is 10.1. The predicted molar refractivity (Wildman–Crippen MR) is 111 cm³/mol. The SMILES string of the molecule is COc1cc(C(=O)NNC(=O)C2CC2c2ccccc2F)ccc1OCCC(C)C. The van der Waals surface area contributed by atoms with Crippen molar-refractivity contribution in [2.24, 2.45) is 11.8 Å². The number of benzene rings is 2. The zero-order chi connectivity index (χ0) is 21.7. The van der Waals surface area contributed by atoms with Crippen molar-refractivity contribution in [3.63, 3.8) is 0 Å². The number of methoxy groups -OCH3 is 1. The van der Waals surface area contributed by atoms with Crippen LogP contribution in [0.5, 0.6) is 11.5 Å². The van der Waals surface area contributed by atoms with Gasteiger partial charge in [0.25, 0.3) is 5.91 Å². The van der Waals surface area contributed by atoms with E-state index in [2.05, 4.69) is 24.7 Å². The van der Waals surface area contributed by atoms with Crippen LogP contribution in [0.4, 0.5) is 4.39 Å². The van der Waals surface area contributed by atoms with E-state index in [9.17, 15) is 14.0 Å². The largest absolute Gasteiger partial charge is 0.493 e. The third-order valence-electron chi connectivity index (χ3n) is 5.11. The average Bonchev–Trinajstić information content (AvgIpc) is 3.52. The Bertz CT molecular complexity index is 916. The van der Waals surface area contributed by atoms with E-state index in [0.717, 1.165) is 6.42 Å². The van der Waals surface area contributed by atoms with Gasteiger partial charge in [0.1, 0.15) is 5.82 Å². The van der Waals surface area contributed by atoms with Crippen molar-refractivity contribution in [2.45, 2.75) is 32.6 Å². The van der Waals surface area contributed by atoms with Gasteiger partial charge in [0.15, 0.2) is 11.5 Å². The Balaban J connectivity index is 1.53. The summed E-state index contributed by atoms with van der Waals surface area (Å²) in [6, 6.07) is 11.3. The lowest BCUT2D eigenvalue weighted by molar-refractivity contribution is -0.123. The molecular formula is C23H27FN2O4. The Morgan fingerprint density at radius 3 is 2.60 bits per heavy atom. The maximum atomic E-state index is 13.8. The molecule has 0 bridgehead atoms. The van der Waals surface area contributed by atoms with Crippen molar-refractivity contribution in [1.29, 1.82) is 0 Å². The Labute approximate surface area is 175 Å². The van der Waals surface area contributed by atoms with E-state index >= 15 is 0 Å². The molecular weight excluding hydrogens is 387 g/mol. The number of hydrogen-bond donors (Lipinski definition) is 2. The molecule has 160 valence electrons. The topological polar surface area (TPSA) is 76.7 Å². The van der Waals surface area contributed by atoms with Crippen LogP contribution in [0.1, 0.15) is 48.5 Å². The van der Waals surface area contributed by atoms with Crippen LogP contribution in [-0.4, -0.2) is 25.5 Å². The van der Waals surface area contributed by atoms with Crippen molar-refractivity contribution in [3.8, 4) is 11.5 Å². The van der Waals surface area contributed by atoms with Crippen LogP contribution in [0.2, 0.25) is 0 Å². The molecule has 1 saturated carbocycles. The van der Waals surface area contributed by atoms with E-state index in [1.807, 2.05) is 0 Å². The highest BCUT2D eigenvalue weighted by molar-refractivity contribution is 5.96. The molecule has 2 atom stereocenters. The first-order valence-electron chi connectivity index (χ1n) is 10.1. The fourth-order valence-electron chi connectivity index (χ4n) is 3.22. The number of ether oxygens (including phenoxy) is 2. The van der Waals surface area contributed by atoms with E-state index in [4.69, 9.17) is 9.47 Å². The first kappa shape index (κ1) is 21.6. The van der Waals surface area contributed by atoms with Crippen molar-refractivity contribution in [1.82, 2.24) is 10.9 Å². The summed E-state index contributed by atoms with van der Waals surface area (Å²) in [4.78, 5) is 24.7. The van der Waals surface area contributed by atoms with Gasteiger partial charge in [0.05, 0.1) is 13.7 Å². The average molecular weight is 414 g/mol. The van der Waals surface area contributed by atoms with Gasteiger partial charge in [-0.15, -0.1) is 0 Å². The Hall–Kier alpha value is -3.09. The zero-order valence-corrected chi connectivity index (χ0v) is 17.4. The van der Waals surface area contributed by atoms with Crippen LogP contribution in [0.25, 0.3) is 0 Å². The summed E-state index contributed by atoms with van der Waals surface area (Å²) in [5.74, 6) is -0.114. The standard InChI is InChI=1S/C23H27FN2O4/c1-14(2)10-11-30-20-9-8-15(12-21(20)29-3)22(27)25-26-23(28)18-13-17(18)16-6-4-5-7-19(16)24/h4-9,12,14,17-18H,10-11,13H2,1-3H3,(H,25,27)(H,26,28). The molecule has 0 saturated heterocycles. The fraction of sp³-hybridized carbons (Fsp3) is 0.391. The molecule has 2 unspecified atom stereocenters. The first-order chi connectivity index (χ1) is 14.4. The van der Waals surface area contributed by atoms with Gasteiger partial charge in [-0.1, -0.05) is 32.0 Å². The molecule has 2 aromatic carbocycles. The van der Waals surface area contributed by atoms with Crippen molar-refractivity contribution in [2.75, 3.05) is 13.7 Å². The van der Waals surface area contributed by atoms with E-state index in [-0.39, 0.29) is 23.6 Å². The van der Waals surface area contributed by atoms with Crippen LogP contribution in [0.15, 0.2) is 42.5 Å². The summed E-state index contributed by atoms with van der Waals surface area (Å²) >= 11 is 0. The minimum atomic E-state index is -0.474. The third-order valence-corrected chi connectivity index (χ3v) is 5.11. The maximum Gasteiger partial charge on any atom is 0.269 e. The monoisotopic (exact) mass is 414 g/mol. The van der Waals surface area contributed by atoms with E-state index in [1.165, 1.54) is 13.2 Å². The molecule has 1 fully saturated rings. The summed E-state index contributed by atoms with van der Waals surface area (Å²) in [5.41, 5.74) is 5.69. The molecule has 1 aliphatic rings. The minimum absolute atomic E-state index is 0.162. The van der Waals surface area contributed by atoms with Gasteiger partial charge < -0.3 is 9.47 Å². The summed E-state index contributed by atoms with van der Waals surface area (Å²) in [6.07, 6.45) is 1.46. The number of hydrogen-bond acceptors (Lipinski definition) is 4. The van der Waals surface area contributed by atoms with Crippen molar-refractivity contribution in [3.05, 3.63) is 59.4 Å². The van der Waals surface area contributed by atoms with E-state index < -0.39 is 5.91 Å². The van der Waals surface area contributed by atoms with Gasteiger partial charge in [0.2, 0.25) is 5.91 Å². The lowest BCUT2D eigenvalue weighted by Crippen LogP contribution is -2.42. The Kier molecular flexibility index (Phi) is 6.92. The second kappa shape index (κ2) is 9.61. The molecule has 0 heterocycles. The second-order valence-electron chi connectivity index (χ2n) is 7.81. The van der Waals surface area contributed by atoms with Gasteiger partial charge in [-0.3, -0.25) is 20.4 Å². The van der Waals surface area contributed by atoms with Crippen LogP contribution in [-0.2, 0) is 4.79 Å². The highest BCUT2D eigenvalue weighted by Crippen LogP contribution is 2.48. The number of hydrazine groups is 1. The molecule has 1 aliphatic carbocycles. The van der Waals surface area contributed by atoms with Gasteiger partial charge in [0, 0.05) is 11.5 Å². The number of carbonyl (C=O) groups is 2. The number of nitrogens with one attached hydrogen (secondary N) is 2. The van der Waals surface area contributed by atoms with Gasteiger partial charge >= 0.3 is 0 Å². The Morgan fingerprint density at radius 2 is 1.90 bits per heavy atom. The van der Waals surface area contributed by atoms with E-state index in [0.29, 0.717) is 41.6 Å².